The number of ether oxygens (including phenoxy) is 1. The normalized spacial score (nSPS) is 12.5. The Morgan fingerprint density at radius 1 is 1.29 bits per heavy atom. The van der Waals surface area contributed by atoms with Gasteiger partial charge in [0.05, 0.1) is 6.61 Å². The SMILES string of the molecule is CCC(CS)COc1ccc(C)cc1. The molecule has 0 amide bonds. The molecular formula is C12H18OS. The predicted molar refractivity (Wildman–Crippen MR) is 64.3 cm³/mol. The van der Waals surface area contributed by atoms with Crippen LogP contribution in [-0.4, -0.2) is 12.4 Å². The van der Waals surface area contributed by atoms with Gasteiger partial charge in [-0.1, -0.05) is 24.6 Å². The minimum absolute atomic E-state index is 0.555. The zero-order valence-electron chi connectivity index (χ0n) is 8.86. The summed E-state index contributed by atoms with van der Waals surface area (Å²) < 4.78 is 5.66. The molecule has 0 aromatic heterocycles. The first-order chi connectivity index (χ1) is 6.76. The Hall–Kier alpha value is -0.630. The Morgan fingerprint density at radius 3 is 2.43 bits per heavy atom. The number of benzene rings is 1. The Morgan fingerprint density at radius 2 is 1.93 bits per heavy atom. The second kappa shape index (κ2) is 5.97. The molecule has 1 aromatic rings. The topological polar surface area (TPSA) is 9.23 Å². The standard InChI is InChI=1S/C12H18OS/c1-3-11(9-14)8-13-12-6-4-10(2)5-7-12/h4-7,11,14H,3,8-9H2,1-2H3. The van der Waals surface area contributed by atoms with Crippen molar-refractivity contribution in [2.24, 2.45) is 5.92 Å². The van der Waals surface area contributed by atoms with Crippen molar-refractivity contribution in [3.05, 3.63) is 29.8 Å². The van der Waals surface area contributed by atoms with E-state index in [0.29, 0.717) is 5.92 Å². The third-order valence-corrected chi connectivity index (χ3v) is 2.86. The van der Waals surface area contributed by atoms with Crippen LogP contribution < -0.4 is 4.74 Å². The van der Waals surface area contributed by atoms with Crippen LogP contribution >= 0.6 is 12.6 Å². The number of hydrogen-bond donors (Lipinski definition) is 1. The summed E-state index contributed by atoms with van der Waals surface area (Å²) in [6.07, 6.45) is 1.12. The second-order valence-corrected chi connectivity index (χ2v) is 3.95. The molecule has 0 fully saturated rings. The highest BCUT2D eigenvalue weighted by atomic mass is 32.1. The molecule has 14 heavy (non-hydrogen) atoms. The van der Waals surface area contributed by atoms with E-state index in [2.05, 4.69) is 38.6 Å². The molecule has 0 heterocycles. The van der Waals surface area contributed by atoms with E-state index >= 15 is 0 Å². The van der Waals surface area contributed by atoms with E-state index in [4.69, 9.17) is 4.74 Å². The van der Waals surface area contributed by atoms with Crippen molar-refractivity contribution in [2.45, 2.75) is 20.3 Å². The Labute approximate surface area is 91.9 Å². The number of hydrogen-bond acceptors (Lipinski definition) is 2. The van der Waals surface area contributed by atoms with E-state index in [9.17, 15) is 0 Å². The van der Waals surface area contributed by atoms with Gasteiger partial charge in [0.1, 0.15) is 5.75 Å². The zero-order valence-corrected chi connectivity index (χ0v) is 9.76. The third kappa shape index (κ3) is 3.62. The van der Waals surface area contributed by atoms with E-state index in [1.54, 1.807) is 0 Å². The number of rotatable bonds is 5. The summed E-state index contributed by atoms with van der Waals surface area (Å²) in [5, 5.41) is 0. The molecule has 0 saturated heterocycles. The minimum atomic E-state index is 0.555. The van der Waals surface area contributed by atoms with Crippen LogP contribution in [0.5, 0.6) is 5.75 Å². The Balaban J connectivity index is 2.41. The summed E-state index contributed by atoms with van der Waals surface area (Å²) in [6.45, 7) is 5.01. The van der Waals surface area contributed by atoms with Crippen LogP contribution in [0.4, 0.5) is 0 Å². The quantitative estimate of drug-likeness (QED) is 0.733. The third-order valence-electron chi connectivity index (χ3n) is 2.34. The Kier molecular flexibility index (Phi) is 4.88. The fraction of sp³-hybridized carbons (Fsp3) is 0.500. The molecule has 0 radical (unpaired) electrons. The maximum atomic E-state index is 5.66. The molecule has 0 aliphatic rings. The van der Waals surface area contributed by atoms with Crippen molar-refractivity contribution < 1.29 is 4.74 Å². The molecule has 0 aliphatic carbocycles. The fourth-order valence-electron chi connectivity index (χ4n) is 1.15. The molecule has 1 aromatic carbocycles. The molecular weight excluding hydrogens is 192 g/mol. The van der Waals surface area contributed by atoms with E-state index in [1.807, 2.05) is 12.1 Å². The van der Waals surface area contributed by atoms with Gasteiger partial charge < -0.3 is 4.74 Å². The smallest absolute Gasteiger partial charge is 0.119 e. The molecule has 1 unspecified atom stereocenters. The highest BCUT2D eigenvalue weighted by Crippen LogP contribution is 2.14. The van der Waals surface area contributed by atoms with Crippen LogP contribution in [0.3, 0.4) is 0 Å². The van der Waals surface area contributed by atoms with Crippen LogP contribution in [0.25, 0.3) is 0 Å². The lowest BCUT2D eigenvalue weighted by molar-refractivity contribution is 0.259. The van der Waals surface area contributed by atoms with Crippen molar-refractivity contribution in [3.8, 4) is 5.75 Å². The van der Waals surface area contributed by atoms with Gasteiger partial charge in [-0.15, -0.1) is 0 Å². The van der Waals surface area contributed by atoms with Crippen molar-refractivity contribution in [2.75, 3.05) is 12.4 Å². The van der Waals surface area contributed by atoms with Gasteiger partial charge in [-0.05, 0) is 31.2 Å². The largest absolute Gasteiger partial charge is 0.493 e. The van der Waals surface area contributed by atoms with Crippen LogP contribution in [0.15, 0.2) is 24.3 Å². The molecule has 0 bridgehead atoms. The summed E-state index contributed by atoms with van der Waals surface area (Å²) in [6, 6.07) is 8.16. The van der Waals surface area contributed by atoms with Gasteiger partial charge in [0.15, 0.2) is 0 Å². The van der Waals surface area contributed by atoms with Gasteiger partial charge in [0.2, 0.25) is 0 Å². The summed E-state index contributed by atoms with van der Waals surface area (Å²) in [7, 11) is 0. The van der Waals surface area contributed by atoms with Crippen LogP contribution in [0.1, 0.15) is 18.9 Å². The van der Waals surface area contributed by atoms with Crippen molar-refractivity contribution >= 4 is 12.6 Å². The van der Waals surface area contributed by atoms with E-state index < -0.39 is 0 Å². The molecule has 1 rings (SSSR count). The first kappa shape index (κ1) is 11.4. The maximum Gasteiger partial charge on any atom is 0.119 e. The summed E-state index contributed by atoms with van der Waals surface area (Å²) in [5.74, 6) is 2.40. The van der Waals surface area contributed by atoms with Gasteiger partial charge in [-0.3, -0.25) is 0 Å². The fourth-order valence-corrected chi connectivity index (χ4v) is 1.51. The number of thiol groups is 1. The van der Waals surface area contributed by atoms with Crippen molar-refractivity contribution in [3.63, 3.8) is 0 Å². The molecule has 2 heteroatoms. The van der Waals surface area contributed by atoms with E-state index in [0.717, 1.165) is 24.5 Å². The van der Waals surface area contributed by atoms with Gasteiger partial charge in [-0.25, -0.2) is 0 Å². The lowest BCUT2D eigenvalue weighted by Gasteiger charge is -2.13. The molecule has 0 N–H and O–H groups in total. The molecule has 0 aliphatic heterocycles. The summed E-state index contributed by atoms with van der Waals surface area (Å²) >= 11 is 4.28. The monoisotopic (exact) mass is 210 g/mol. The average Bonchev–Trinajstić information content (AvgIpc) is 2.22. The summed E-state index contributed by atoms with van der Waals surface area (Å²) in [5.41, 5.74) is 1.26. The maximum absolute atomic E-state index is 5.66. The Bertz CT molecular complexity index is 252. The molecule has 0 saturated carbocycles. The lowest BCUT2D eigenvalue weighted by atomic mass is 10.1. The van der Waals surface area contributed by atoms with E-state index in [-0.39, 0.29) is 0 Å². The van der Waals surface area contributed by atoms with Gasteiger partial charge in [0.25, 0.3) is 0 Å². The molecule has 1 atom stereocenters. The summed E-state index contributed by atoms with van der Waals surface area (Å²) in [4.78, 5) is 0. The highest BCUT2D eigenvalue weighted by Gasteiger charge is 2.04. The number of aryl methyl sites for hydroxylation is 1. The first-order valence-electron chi connectivity index (χ1n) is 5.06. The average molecular weight is 210 g/mol. The predicted octanol–water partition coefficient (Wildman–Crippen LogP) is 3.33. The van der Waals surface area contributed by atoms with E-state index in [1.165, 1.54) is 5.56 Å². The highest BCUT2D eigenvalue weighted by molar-refractivity contribution is 7.80. The lowest BCUT2D eigenvalue weighted by Crippen LogP contribution is -2.12. The molecule has 78 valence electrons. The molecule has 1 nitrogen and oxygen atoms in total. The minimum Gasteiger partial charge on any atom is -0.493 e. The van der Waals surface area contributed by atoms with Crippen LogP contribution in [-0.2, 0) is 0 Å². The van der Waals surface area contributed by atoms with Crippen LogP contribution in [0, 0.1) is 12.8 Å². The van der Waals surface area contributed by atoms with Gasteiger partial charge >= 0.3 is 0 Å². The molecule has 0 spiro atoms. The van der Waals surface area contributed by atoms with Crippen molar-refractivity contribution in [1.29, 1.82) is 0 Å². The van der Waals surface area contributed by atoms with Crippen LogP contribution in [0.2, 0.25) is 0 Å². The first-order valence-corrected chi connectivity index (χ1v) is 5.69. The van der Waals surface area contributed by atoms with Crippen molar-refractivity contribution in [1.82, 2.24) is 0 Å². The second-order valence-electron chi connectivity index (χ2n) is 3.58. The van der Waals surface area contributed by atoms with Gasteiger partial charge in [0, 0.05) is 5.92 Å². The zero-order chi connectivity index (χ0) is 10.4. The van der Waals surface area contributed by atoms with Gasteiger partial charge in [-0.2, -0.15) is 12.6 Å².